The Kier molecular flexibility index (Phi) is 6.43. The molecule has 0 unspecified atom stereocenters. The van der Waals surface area contributed by atoms with Gasteiger partial charge in [-0.2, -0.15) is 0 Å². The molecule has 0 aliphatic carbocycles. The van der Waals surface area contributed by atoms with Crippen molar-refractivity contribution in [3.63, 3.8) is 0 Å². The van der Waals surface area contributed by atoms with Crippen LogP contribution in [-0.4, -0.2) is 14.6 Å². The molecule has 9 heavy (non-hydrogen) atoms. The minimum Gasteiger partial charge on any atom is -0.413 e. The minimum absolute atomic E-state index is 0. The van der Waals surface area contributed by atoms with E-state index in [1.165, 1.54) is 0 Å². The van der Waals surface area contributed by atoms with Gasteiger partial charge < -0.3 is 4.43 Å². The maximum Gasteiger partial charge on any atom is 0.205 e. The molecule has 0 aromatic heterocycles. The predicted molar refractivity (Wildman–Crippen MR) is 38.3 cm³/mol. The van der Waals surface area contributed by atoms with Gasteiger partial charge in [0.2, 0.25) is 9.04 Å². The van der Waals surface area contributed by atoms with E-state index >= 15 is 0 Å². The van der Waals surface area contributed by atoms with Crippen LogP contribution in [-0.2, 0) is 24.8 Å². The Morgan fingerprint density at radius 3 is 1.44 bits per heavy atom. The van der Waals surface area contributed by atoms with Crippen LogP contribution < -0.4 is 0 Å². The molecule has 0 saturated carbocycles. The van der Waals surface area contributed by atoms with Crippen LogP contribution in [0.3, 0.4) is 0 Å². The number of hydrogen-bond donors (Lipinski definition) is 0. The van der Waals surface area contributed by atoms with Crippen LogP contribution in [0.25, 0.3) is 0 Å². The summed E-state index contributed by atoms with van der Waals surface area (Å²) < 4.78 is 5.54. The molecule has 0 aromatic rings. The van der Waals surface area contributed by atoms with Crippen LogP contribution in [0.2, 0.25) is 13.1 Å². The van der Waals surface area contributed by atoms with Gasteiger partial charge in [0.1, 0.15) is 0 Å². The second-order valence-corrected chi connectivity index (χ2v) is 5.14. The summed E-state index contributed by atoms with van der Waals surface area (Å²) in [5.41, 5.74) is 0.0673. The first-order valence-corrected chi connectivity index (χ1v) is 5.32. The van der Waals surface area contributed by atoms with Gasteiger partial charge >= 0.3 is 0 Å². The zero-order valence-corrected chi connectivity index (χ0v) is 10.5. The summed E-state index contributed by atoms with van der Waals surface area (Å²) in [4.78, 5) is 0. The molecule has 0 atom stereocenters. The van der Waals surface area contributed by atoms with E-state index in [2.05, 4.69) is 33.9 Å². The smallest absolute Gasteiger partial charge is 0.205 e. The Hall–Kier alpha value is 0.839. The fourth-order valence-electron chi connectivity index (χ4n) is 0.612. The third-order valence-electron chi connectivity index (χ3n) is 0.510. The van der Waals surface area contributed by atoms with E-state index in [1.807, 2.05) is 0 Å². The topological polar surface area (TPSA) is 9.23 Å². The largest absolute Gasteiger partial charge is 0.413 e. The van der Waals surface area contributed by atoms with Gasteiger partial charge in [-0.15, -0.1) is 0 Å². The maximum absolute atomic E-state index is 5.54. The minimum atomic E-state index is -0.492. The zero-order chi connectivity index (χ0) is 6.78. The first-order chi connectivity index (χ1) is 3.42. The van der Waals surface area contributed by atoms with Crippen molar-refractivity contribution in [2.75, 3.05) is 0 Å². The molecule has 0 heterocycles. The van der Waals surface area contributed by atoms with Crippen LogP contribution in [0, 0.1) is 0 Å². The van der Waals surface area contributed by atoms with Crippen LogP contribution in [0.15, 0.2) is 0 Å². The summed E-state index contributed by atoms with van der Waals surface area (Å²) >= 11 is 0. The van der Waals surface area contributed by atoms with Crippen molar-refractivity contribution in [2.24, 2.45) is 0 Å². The SMILES string of the molecule is C[Si](C)OC(C)(C)C.[Re]. The molecular weight excluding hydrogens is 302 g/mol. The van der Waals surface area contributed by atoms with Gasteiger partial charge in [-0.1, -0.05) is 0 Å². The van der Waals surface area contributed by atoms with E-state index in [1.54, 1.807) is 0 Å². The first kappa shape index (κ1) is 12.5. The normalized spacial score (nSPS) is 11.3. The van der Waals surface area contributed by atoms with Crippen LogP contribution in [0.5, 0.6) is 0 Å². The number of rotatable bonds is 1. The molecule has 0 aliphatic heterocycles. The van der Waals surface area contributed by atoms with Gasteiger partial charge in [-0.3, -0.25) is 0 Å². The monoisotopic (exact) mass is 318 g/mol. The molecular formula is C6H15OReSi. The summed E-state index contributed by atoms with van der Waals surface area (Å²) in [6.45, 7) is 10.6. The summed E-state index contributed by atoms with van der Waals surface area (Å²) in [6.07, 6.45) is 0. The average molecular weight is 317 g/mol. The maximum atomic E-state index is 5.54. The van der Waals surface area contributed by atoms with Gasteiger partial charge in [-0.25, -0.2) is 0 Å². The van der Waals surface area contributed by atoms with Gasteiger partial charge in [0.05, 0.1) is 0 Å². The van der Waals surface area contributed by atoms with Crippen molar-refractivity contribution in [1.82, 2.24) is 0 Å². The van der Waals surface area contributed by atoms with Crippen molar-refractivity contribution in [3.05, 3.63) is 0 Å². The van der Waals surface area contributed by atoms with Crippen LogP contribution in [0.4, 0.5) is 0 Å². The molecule has 3 heteroatoms. The molecule has 0 spiro atoms. The molecule has 0 N–H and O–H groups in total. The Balaban J connectivity index is 0. The fraction of sp³-hybridized carbons (Fsp3) is 1.00. The Labute approximate surface area is 73.6 Å². The Morgan fingerprint density at radius 1 is 1.11 bits per heavy atom. The van der Waals surface area contributed by atoms with Crippen molar-refractivity contribution >= 4 is 9.04 Å². The molecule has 0 saturated heterocycles. The van der Waals surface area contributed by atoms with Crippen LogP contribution in [0.1, 0.15) is 20.8 Å². The van der Waals surface area contributed by atoms with Gasteiger partial charge in [0.25, 0.3) is 0 Å². The van der Waals surface area contributed by atoms with Crippen molar-refractivity contribution in [2.45, 2.75) is 39.5 Å². The van der Waals surface area contributed by atoms with E-state index in [0.717, 1.165) is 0 Å². The molecule has 0 rings (SSSR count). The number of hydrogen-bond acceptors (Lipinski definition) is 1. The quantitative estimate of drug-likeness (QED) is 0.673. The van der Waals surface area contributed by atoms with E-state index < -0.39 is 9.04 Å². The molecule has 2 radical (unpaired) electrons. The molecule has 0 amide bonds. The molecule has 0 fully saturated rings. The summed E-state index contributed by atoms with van der Waals surface area (Å²) in [7, 11) is -0.492. The fourth-order valence-corrected chi connectivity index (χ4v) is 1.84. The average Bonchev–Trinajstić information content (AvgIpc) is 1.21. The predicted octanol–water partition coefficient (Wildman–Crippen LogP) is 2.05. The Bertz CT molecular complexity index is 67.9. The second kappa shape index (κ2) is 4.62. The standard InChI is InChI=1S/C6H15OSi.Re/c1-6(2,3)7-8(4)5;/h1-5H3;. The van der Waals surface area contributed by atoms with Crippen molar-refractivity contribution in [1.29, 1.82) is 0 Å². The van der Waals surface area contributed by atoms with E-state index in [0.29, 0.717) is 0 Å². The molecule has 56 valence electrons. The summed E-state index contributed by atoms with van der Waals surface area (Å²) in [6, 6.07) is 0. The van der Waals surface area contributed by atoms with Gasteiger partial charge in [-0.05, 0) is 33.9 Å². The third kappa shape index (κ3) is 12.1. The molecule has 0 bridgehead atoms. The molecule has 0 aliphatic rings. The molecule has 1 nitrogen and oxygen atoms in total. The Morgan fingerprint density at radius 2 is 1.44 bits per heavy atom. The van der Waals surface area contributed by atoms with Crippen molar-refractivity contribution < 1.29 is 24.8 Å². The van der Waals surface area contributed by atoms with E-state index in [4.69, 9.17) is 4.43 Å². The summed E-state index contributed by atoms with van der Waals surface area (Å²) in [5.74, 6) is 0. The van der Waals surface area contributed by atoms with E-state index in [9.17, 15) is 0 Å². The zero-order valence-electron chi connectivity index (χ0n) is 6.79. The first-order valence-electron chi connectivity index (χ1n) is 2.91. The van der Waals surface area contributed by atoms with Gasteiger partial charge in [0, 0.05) is 26.0 Å². The van der Waals surface area contributed by atoms with Gasteiger partial charge in [0.15, 0.2) is 0 Å². The summed E-state index contributed by atoms with van der Waals surface area (Å²) in [5, 5.41) is 0. The second-order valence-electron chi connectivity index (χ2n) is 3.12. The van der Waals surface area contributed by atoms with E-state index in [-0.39, 0.29) is 26.0 Å². The van der Waals surface area contributed by atoms with Crippen molar-refractivity contribution in [3.8, 4) is 0 Å². The third-order valence-corrected chi connectivity index (χ3v) is 1.53. The van der Waals surface area contributed by atoms with Crippen LogP contribution >= 0.6 is 0 Å². The molecule has 0 aromatic carbocycles.